The standard InChI is InChI=1S/C9H10N2O3/c10-9(13)14-6-8(12)11-7-4-2-1-3-5-7/h1-5H,6H2,(H2,10,13)(H,11,12). The van der Waals surface area contributed by atoms with Gasteiger partial charge in [0.25, 0.3) is 5.91 Å². The Balaban J connectivity index is 2.38. The lowest BCUT2D eigenvalue weighted by Crippen LogP contribution is -2.23. The van der Waals surface area contributed by atoms with Gasteiger partial charge in [0.1, 0.15) is 0 Å². The summed E-state index contributed by atoms with van der Waals surface area (Å²) in [6.07, 6.45) is -0.965. The van der Waals surface area contributed by atoms with Gasteiger partial charge in [-0.2, -0.15) is 0 Å². The average Bonchev–Trinajstić information content (AvgIpc) is 2.16. The van der Waals surface area contributed by atoms with E-state index < -0.39 is 12.0 Å². The quantitative estimate of drug-likeness (QED) is 0.743. The van der Waals surface area contributed by atoms with Crippen molar-refractivity contribution in [2.24, 2.45) is 5.73 Å². The van der Waals surface area contributed by atoms with E-state index in [2.05, 4.69) is 10.1 Å². The van der Waals surface area contributed by atoms with Crippen LogP contribution in [-0.4, -0.2) is 18.6 Å². The SMILES string of the molecule is NC(=O)OCC(=O)Nc1ccccc1. The van der Waals surface area contributed by atoms with Crippen LogP contribution < -0.4 is 11.1 Å². The van der Waals surface area contributed by atoms with E-state index in [1.54, 1.807) is 24.3 Å². The number of amides is 2. The van der Waals surface area contributed by atoms with Crippen molar-refractivity contribution in [3.05, 3.63) is 30.3 Å². The summed E-state index contributed by atoms with van der Waals surface area (Å²) in [4.78, 5) is 21.2. The first-order chi connectivity index (χ1) is 6.68. The van der Waals surface area contributed by atoms with Crippen LogP contribution in [0.3, 0.4) is 0 Å². The molecule has 2 amide bonds. The molecule has 0 fully saturated rings. The largest absolute Gasteiger partial charge is 0.440 e. The van der Waals surface area contributed by atoms with E-state index in [4.69, 9.17) is 5.73 Å². The fraction of sp³-hybridized carbons (Fsp3) is 0.111. The van der Waals surface area contributed by atoms with E-state index >= 15 is 0 Å². The first-order valence-corrected chi connectivity index (χ1v) is 3.95. The van der Waals surface area contributed by atoms with Crippen molar-refractivity contribution >= 4 is 17.7 Å². The molecule has 0 saturated carbocycles. The summed E-state index contributed by atoms with van der Waals surface area (Å²) in [6, 6.07) is 8.84. The molecule has 14 heavy (non-hydrogen) atoms. The second kappa shape index (κ2) is 4.86. The lowest BCUT2D eigenvalue weighted by molar-refractivity contribution is -0.118. The van der Waals surface area contributed by atoms with Crippen LogP contribution >= 0.6 is 0 Å². The molecule has 0 heterocycles. The number of hydrogen-bond acceptors (Lipinski definition) is 3. The molecular formula is C9H10N2O3. The lowest BCUT2D eigenvalue weighted by atomic mass is 10.3. The van der Waals surface area contributed by atoms with Gasteiger partial charge in [-0.25, -0.2) is 4.79 Å². The Bertz CT molecular complexity index is 324. The van der Waals surface area contributed by atoms with Crippen molar-refractivity contribution in [3.63, 3.8) is 0 Å². The number of primary amides is 1. The van der Waals surface area contributed by atoms with Gasteiger partial charge in [-0.05, 0) is 12.1 Å². The molecule has 0 atom stereocenters. The van der Waals surface area contributed by atoms with Crippen molar-refractivity contribution in [2.75, 3.05) is 11.9 Å². The number of carbonyl (C=O) groups excluding carboxylic acids is 2. The zero-order chi connectivity index (χ0) is 10.4. The molecule has 0 aromatic heterocycles. The van der Waals surface area contributed by atoms with Crippen molar-refractivity contribution in [1.82, 2.24) is 0 Å². The highest BCUT2D eigenvalue weighted by atomic mass is 16.5. The van der Waals surface area contributed by atoms with Gasteiger partial charge in [0.05, 0.1) is 0 Å². The molecule has 0 saturated heterocycles. The Morgan fingerprint density at radius 2 is 1.93 bits per heavy atom. The highest BCUT2D eigenvalue weighted by Crippen LogP contribution is 2.04. The monoisotopic (exact) mass is 194 g/mol. The minimum absolute atomic E-state index is 0.371. The van der Waals surface area contributed by atoms with Crippen LogP contribution in [0.15, 0.2) is 30.3 Å². The summed E-state index contributed by atoms with van der Waals surface area (Å²) in [6.45, 7) is -0.371. The molecule has 3 N–H and O–H groups in total. The minimum atomic E-state index is -0.965. The third-order valence-corrected chi connectivity index (χ3v) is 1.40. The topological polar surface area (TPSA) is 81.4 Å². The van der Waals surface area contributed by atoms with Crippen LogP contribution in [0.2, 0.25) is 0 Å². The number of ether oxygens (including phenoxy) is 1. The molecule has 0 radical (unpaired) electrons. The lowest BCUT2D eigenvalue weighted by Gasteiger charge is -2.03. The molecule has 0 aliphatic heterocycles. The Hall–Kier alpha value is -2.04. The third-order valence-electron chi connectivity index (χ3n) is 1.40. The molecule has 0 bridgehead atoms. The number of para-hydroxylation sites is 1. The van der Waals surface area contributed by atoms with Crippen LogP contribution in [0.4, 0.5) is 10.5 Å². The maximum Gasteiger partial charge on any atom is 0.405 e. The number of anilines is 1. The zero-order valence-electron chi connectivity index (χ0n) is 7.40. The third kappa shape index (κ3) is 3.57. The number of carbonyl (C=O) groups is 2. The molecule has 1 rings (SSSR count). The fourth-order valence-corrected chi connectivity index (χ4v) is 0.855. The molecule has 5 heteroatoms. The number of benzene rings is 1. The van der Waals surface area contributed by atoms with E-state index in [0.29, 0.717) is 5.69 Å². The van der Waals surface area contributed by atoms with E-state index in [9.17, 15) is 9.59 Å². The predicted molar refractivity (Wildman–Crippen MR) is 50.6 cm³/mol. The van der Waals surface area contributed by atoms with E-state index in [0.717, 1.165) is 0 Å². The Morgan fingerprint density at radius 3 is 2.50 bits per heavy atom. The molecule has 1 aromatic carbocycles. The van der Waals surface area contributed by atoms with Crippen LogP contribution in [-0.2, 0) is 9.53 Å². The van der Waals surface area contributed by atoms with Crippen LogP contribution in [0.25, 0.3) is 0 Å². The first-order valence-electron chi connectivity index (χ1n) is 3.95. The van der Waals surface area contributed by atoms with Crippen molar-refractivity contribution < 1.29 is 14.3 Å². The van der Waals surface area contributed by atoms with Crippen LogP contribution in [0, 0.1) is 0 Å². The van der Waals surface area contributed by atoms with Gasteiger partial charge in [0.2, 0.25) is 0 Å². The summed E-state index contributed by atoms with van der Waals surface area (Å²) >= 11 is 0. The smallest absolute Gasteiger partial charge is 0.405 e. The van der Waals surface area contributed by atoms with E-state index in [-0.39, 0.29) is 6.61 Å². The predicted octanol–water partition coefficient (Wildman–Crippen LogP) is 0.720. The van der Waals surface area contributed by atoms with Crippen molar-refractivity contribution in [1.29, 1.82) is 0 Å². The van der Waals surface area contributed by atoms with E-state index in [1.165, 1.54) is 0 Å². The van der Waals surface area contributed by atoms with Gasteiger partial charge >= 0.3 is 6.09 Å². The second-order valence-corrected chi connectivity index (χ2v) is 2.52. The summed E-state index contributed by atoms with van der Waals surface area (Å²) in [5.41, 5.74) is 5.34. The Labute approximate surface area is 80.9 Å². The van der Waals surface area contributed by atoms with Gasteiger partial charge in [0, 0.05) is 5.69 Å². The summed E-state index contributed by atoms with van der Waals surface area (Å²) in [5.74, 6) is -0.421. The van der Waals surface area contributed by atoms with Gasteiger partial charge in [-0.3, -0.25) is 4.79 Å². The minimum Gasteiger partial charge on any atom is -0.440 e. The number of nitrogens with one attached hydrogen (secondary N) is 1. The Kier molecular flexibility index (Phi) is 3.49. The van der Waals surface area contributed by atoms with Crippen LogP contribution in [0.5, 0.6) is 0 Å². The molecule has 74 valence electrons. The summed E-state index contributed by atoms with van der Waals surface area (Å²) < 4.78 is 4.30. The van der Waals surface area contributed by atoms with Gasteiger partial charge in [-0.15, -0.1) is 0 Å². The zero-order valence-corrected chi connectivity index (χ0v) is 7.40. The van der Waals surface area contributed by atoms with Crippen LogP contribution in [0.1, 0.15) is 0 Å². The normalized spacial score (nSPS) is 9.14. The Morgan fingerprint density at radius 1 is 1.29 bits per heavy atom. The number of nitrogens with two attached hydrogens (primary N) is 1. The molecule has 1 aromatic rings. The van der Waals surface area contributed by atoms with Gasteiger partial charge in [0.15, 0.2) is 6.61 Å². The highest BCUT2D eigenvalue weighted by molar-refractivity contribution is 5.92. The van der Waals surface area contributed by atoms with E-state index in [1.807, 2.05) is 6.07 Å². The van der Waals surface area contributed by atoms with Gasteiger partial charge < -0.3 is 15.8 Å². The first kappa shape index (κ1) is 10.0. The molecule has 0 aliphatic rings. The maximum absolute atomic E-state index is 11.1. The van der Waals surface area contributed by atoms with Crippen molar-refractivity contribution in [2.45, 2.75) is 0 Å². The highest BCUT2D eigenvalue weighted by Gasteiger charge is 2.03. The fourth-order valence-electron chi connectivity index (χ4n) is 0.855. The van der Waals surface area contributed by atoms with Gasteiger partial charge in [-0.1, -0.05) is 18.2 Å². The second-order valence-electron chi connectivity index (χ2n) is 2.52. The molecule has 0 unspecified atom stereocenters. The number of rotatable bonds is 3. The molecule has 5 nitrogen and oxygen atoms in total. The average molecular weight is 194 g/mol. The maximum atomic E-state index is 11.1. The summed E-state index contributed by atoms with van der Waals surface area (Å²) in [5, 5.41) is 2.53. The molecular weight excluding hydrogens is 184 g/mol. The van der Waals surface area contributed by atoms with Crippen molar-refractivity contribution in [3.8, 4) is 0 Å². The summed E-state index contributed by atoms with van der Waals surface area (Å²) in [7, 11) is 0. The molecule has 0 aliphatic carbocycles. The number of hydrogen-bond donors (Lipinski definition) is 2. The molecule has 0 spiro atoms.